The van der Waals surface area contributed by atoms with Crippen LogP contribution < -0.4 is 15.8 Å². The van der Waals surface area contributed by atoms with E-state index in [2.05, 4.69) is 10.1 Å². The summed E-state index contributed by atoms with van der Waals surface area (Å²) in [5, 5.41) is 13.6. The molecule has 7 nitrogen and oxygen atoms in total. The number of primary amides is 1. The molecular weight excluding hydrogens is 324 g/mol. The number of hydrogen-bond acceptors (Lipinski definition) is 5. The molecule has 0 saturated heterocycles. The maximum atomic E-state index is 12.5. The number of ether oxygens (including phenoxy) is 1. The summed E-state index contributed by atoms with van der Waals surface area (Å²) in [6.45, 7) is -2.88. The number of carbonyl (C=O) groups excluding carboxylic acids is 1. The van der Waals surface area contributed by atoms with Gasteiger partial charge in [0.1, 0.15) is 0 Å². The molecule has 0 saturated carbocycles. The number of nitro groups is 1. The van der Waals surface area contributed by atoms with E-state index in [4.69, 9.17) is 5.73 Å². The molecule has 3 N–H and O–H groups in total. The number of hydrogen-bond donors (Lipinski definition) is 2. The molecule has 0 aliphatic rings. The van der Waals surface area contributed by atoms with Gasteiger partial charge in [-0.05, 0) is 23.8 Å². The van der Waals surface area contributed by atoms with Gasteiger partial charge in [-0.25, -0.2) is 0 Å². The first-order valence-electron chi connectivity index (χ1n) is 6.72. The van der Waals surface area contributed by atoms with Crippen molar-refractivity contribution < 1.29 is 23.2 Å². The van der Waals surface area contributed by atoms with Gasteiger partial charge in [0.25, 0.3) is 5.69 Å². The molecule has 0 heterocycles. The van der Waals surface area contributed by atoms with E-state index in [-0.39, 0.29) is 23.7 Å². The Bertz CT molecular complexity index is 751. The van der Waals surface area contributed by atoms with Gasteiger partial charge in [0.2, 0.25) is 5.91 Å². The van der Waals surface area contributed by atoms with Crippen LogP contribution in [0, 0.1) is 10.1 Å². The van der Waals surface area contributed by atoms with E-state index >= 15 is 0 Å². The third-order valence-corrected chi connectivity index (χ3v) is 3.11. The van der Waals surface area contributed by atoms with Crippen molar-refractivity contribution in [3.05, 3.63) is 63.7 Å². The molecule has 0 unspecified atom stereocenters. The number of benzene rings is 2. The van der Waals surface area contributed by atoms with Gasteiger partial charge < -0.3 is 15.8 Å². The van der Waals surface area contributed by atoms with Crippen molar-refractivity contribution in [3.63, 3.8) is 0 Å². The van der Waals surface area contributed by atoms with E-state index in [0.29, 0.717) is 5.56 Å². The fraction of sp³-hybridized carbons (Fsp3) is 0.133. The van der Waals surface area contributed by atoms with Gasteiger partial charge in [0.15, 0.2) is 5.75 Å². The second-order valence-electron chi connectivity index (χ2n) is 4.73. The predicted molar refractivity (Wildman–Crippen MR) is 82.0 cm³/mol. The standard InChI is InChI=1S/C15H13F2N3O4/c16-15(17)24-13-7-11(20(22)23)5-6-12(13)19-8-9-1-3-10(4-2-9)14(18)21/h1-7,15,19H,8H2,(H2,18,21). The van der Waals surface area contributed by atoms with E-state index in [1.807, 2.05) is 0 Å². The SMILES string of the molecule is NC(=O)c1ccc(CNc2ccc([N+](=O)[O-])cc2OC(F)F)cc1. The summed E-state index contributed by atoms with van der Waals surface area (Å²) in [6.07, 6.45) is 0. The summed E-state index contributed by atoms with van der Waals surface area (Å²) < 4.78 is 29.2. The second kappa shape index (κ2) is 7.36. The van der Waals surface area contributed by atoms with Gasteiger partial charge in [-0.3, -0.25) is 14.9 Å². The van der Waals surface area contributed by atoms with Crippen LogP contribution in [0.3, 0.4) is 0 Å². The molecule has 0 atom stereocenters. The van der Waals surface area contributed by atoms with Crippen LogP contribution in [0.5, 0.6) is 5.75 Å². The molecule has 0 aliphatic heterocycles. The topological polar surface area (TPSA) is 107 Å². The number of halogens is 2. The first kappa shape index (κ1) is 17.1. The molecule has 126 valence electrons. The summed E-state index contributed by atoms with van der Waals surface area (Å²) in [6, 6.07) is 9.74. The first-order chi connectivity index (χ1) is 11.4. The minimum atomic E-state index is -3.11. The zero-order valence-electron chi connectivity index (χ0n) is 12.2. The maximum Gasteiger partial charge on any atom is 0.387 e. The molecule has 2 aromatic rings. The molecule has 0 aliphatic carbocycles. The summed E-state index contributed by atoms with van der Waals surface area (Å²) in [5.74, 6) is -0.884. The third kappa shape index (κ3) is 4.38. The fourth-order valence-corrected chi connectivity index (χ4v) is 1.95. The third-order valence-electron chi connectivity index (χ3n) is 3.11. The smallest absolute Gasteiger partial charge is 0.387 e. The van der Waals surface area contributed by atoms with Gasteiger partial charge in [0, 0.05) is 18.2 Å². The number of nitrogens with two attached hydrogens (primary N) is 1. The largest absolute Gasteiger partial charge is 0.432 e. The van der Waals surface area contributed by atoms with Crippen LogP contribution in [0.4, 0.5) is 20.2 Å². The van der Waals surface area contributed by atoms with Gasteiger partial charge in [-0.15, -0.1) is 0 Å². The number of nitrogens with one attached hydrogen (secondary N) is 1. The zero-order chi connectivity index (χ0) is 17.7. The van der Waals surface area contributed by atoms with E-state index in [1.165, 1.54) is 24.3 Å². The number of alkyl halides is 2. The van der Waals surface area contributed by atoms with Gasteiger partial charge in [-0.1, -0.05) is 12.1 Å². The lowest BCUT2D eigenvalue weighted by atomic mass is 10.1. The number of rotatable bonds is 7. The summed E-state index contributed by atoms with van der Waals surface area (Å²) >= 11 is 0. The van der Waals surface area contributed by atoms with E-state index in [1.54, 1.807) is 12.1 Å². The van der Waals surface area contributed by atoms with Crippen molar-refractivity contribution >= 4 is 17.3 Å². The highest BCUT2D eigenvalue weighted by Crippen LogP contribution is 2.31. The molecule has 0 bridgehead atoms. The van der Waals surface area contributed by atoms with Gasteiger partial charge in [-0.2, -0.15) is 8.78 Å². The van der Waals surface area contributed by atoms with Crippen molar-refractivity contribution in [2.75, 3.05) is 5.32 Å². The number of anilines is 1. The van der Waals surface area contributed by atoms with Crippen LogP contribution in [0.1, 0.15) is 15.9 Å². The lowest BCUT2D eigenvalue weighted by Crippen LogP contribution is -2.11. The highest BCUT2D eigenvalue weighted by atomic mass is 19.3. The zero-order valence-corrected chi connectivity index (χ0v) is 12.2. The highest BCUT2D eigenvalue weighted by Gasteiger charge is 2.15. The maximum absolute atomic E-state index is 12.5. The molecule has 24 heavy (non-hydrogen) atoms. The Morgan fingerprint density at radius 2 is 1.92 bits per heavy atom. The van der Waals surface area contributed by atoms with Crippen molar-refractivity contribution in [3.8, 4) is 5.75 Å². The first-order valence-corrected chi connectivity index (χ1v) is 6.72. The average Bonchev–Trinajstić information content (AvgIpc) is 2.53. The van der Waals surface area contributed by atoms with Crippen LogP contribution >= 0.6 is 0 Å². The van der Waals surface area contributed by atoms with Crippen molar-refractivity contribution in [1.29, 1.82) is 0 Å². The van der Waals surface area contributed by atoms with Crippen molar-refractivity contribution in [1.82, 2.24) is 0 Å². The summed E-state index contributed by atoms with van der Waals surface area (Å²) in [7, 11) is 0. The molecule has 2 aromatic carbocycles. The molecule has 0 fully saturated rings. The van der Waals surface area contributed by atoms with Gasteiger partial charge in [0.05, 0.1) is 16.7 Å². The lowest BCUT2D eigenvalue weighted by molar-refractivity contribution is -0.385. The molecule has 0 radical (unpaired) electrons. The molecule has 9 heteroatoms. The summed E-state index contributed by atoms with van der Waals surface area (Å²) in [4.78, 5) is 21.0. The van der Waals surface area contributed by atoms with Crippen LogP contribution in [-0.2, 0) is 6.54 Å². The van der Waals surface area contributed by atoms with Crippen molar-refractivity contribution in [2.24, 2.45) is 5.73 Å². The van der Waals surface area contributed by atoms with Crippen LogP contribution in [-0.4, -0.2) is 17.4 Å². The number of nitro benzene ring substituents is 1. The predicted octanol–water partition coefficient (Wildman–Crippen LogP) is 2.91. The molecule has 1 amide bonds. The van der Waals surface area contributed by atoms with Crippen molar-refractivity contribution in [2.45, 2.75) is 13.2 Å². The molecule has 2 rings (SSSR count). The lowest BCUT2D eigenvalue weighted by Gasteiger charge is -2.12. The van der Waals surface area contributed by atoms with E-state index in [9.17, 15) is 23.7 Å². The van der Waals surface area contributed by atoms with E-state index < -0.39 is 17.4 Å². The second-order valence-corrected chi connectivity index (χ2v) is 4.73. The fourth-order valence-electron chi connectivity index (χ4n) is 1.95. The van der Waals surface area contributed by atoms with Crippen LogP contribution in [0.15, 0.2) is 42.5 Å². The molecular formula is C15H13F2N3O4. The monoisotopic (exact) mass is 337 g/mol. The molecule has 0 spiro atoms. The number of non-ortho nitro benzene ring substituents is 1. The Morgan fingerprint density at radius 1 is 1.25 bits per heavy atom. The Kier molecular flexibility index (Phi) is 5.25. The van der Waals surface area contributed by atoms with E-state index in [0.717, 1.165) is 11.6 Å². The van der Waals surface area contributed by atoms with Crippen LogP contribution in [0.2, 0.25) is 0 Å². The summed E-state index contributed by atoms with van der Waals surface area (Å²) in [5.41, 5.74) is 6.05. The Morgan fingerprint density at radius 3 is 2.46 bits per heavy atom. The Hall–Kier alpha value is -3.23. The normalized spacial score (nSPS) is 10.5. The Balaban J connectivity index is 2.15. The minimum Gasteiger partial charge on any atom is -0.432 e. The number of carbonyl (C=O) groups is 1. The molecule has 0 aromatic heterocycles. The van der Waals surface area contributed by atoms with Crippen LogP contribution in [0.25, 0.3) is 0 Å². The number of nitrogens with zero attached hydrogens (tertiary/aromatic N) is 1. The highest BCUT2D eigenvalue weighted by molar-refractivity contribution is 5.92. The van der Waals surface area contributed by atoms with Gasteiger partial charge >= 0.3 is 6.61 Å². The quantitative estimate of drug-likeness (QED) is 0.596. The average molecular weight is 337 g/mol. The number of amides is 1. The minimum absolute atomic E-state index is 0.180. The Labute approximate surface area is 135 Å².